The van der Waals surface area contributed by atoms with Crippen molar-refractivity contribution in [2.24, 2.45) is 0 Å². The number of rotatable bonds is 6. The molecule has 0 unspecified atom stereocenters. The van der Waals surface area contributed by atoms with Crippen LogP contribution in [0.5, 0.6) is 0 Å². The third-order valence-electron chi connectivity index (χ3n) is 2.70. The Labute approximate surface area is 99.2 Å². The molecule has 0 atom stereocenters. The lowest BCUT2D eigenvalue weighted by atomic mass is 9.98. The van der Waals surface area contributed by atoms with E-state index in [4.69, 9.17) is 5.26 Å². The van der Waals surface area contributed by atoms with Crippen LogP contribution < -0.4 is 5.32 Å². The summed E-state index contributed by atoms with van der Waals surface area (Å²) < 4.78 is 0. The van der Waals surface area contributed by atoms with Gasteiger partial charge in [-0.25, -0.2) is 0 Å². The molecule has 16 heavy (non-hydrogen) atoms. The number of aliphatic hydroxyl groups excluding tert-OH is 2. The van der Waals surface area contributed by atoms with Crippen LogP contribution in [-0.2, 0) is 6.54 Å². The summed E-state index contributed by atoms with van der Waals surface area (Å²) in [6.45, 7) is 2.27. The van der Waals surface area contributed by atoms with Crippen molar-refractivity contribution in [3.8, 4) is 6.07 Å². The minimum Gasteiger partial charge on any atom is -0.394 e. The highest BCUT2D eigenvalue weighted by molar-refractivity contribution is 7.10. The molecule has 0 fully saturated rings. The van der Waals surface area contributed by atoms with Crippen molar-refractivity contribution in [1.29, 1.82) is 5.26 Å². The van der Waals surface area contributed by atoms with Gasteiger partial charge in [-0.1, -0.05) is 6.92 Å². The molecule has 0 spiro atoms. The first-order chi connectivity index (χ1) is 7.69. The fraction of sp³-hybridized carbons (Fsp3) is 0.545. The second kappa shape index (κ2) is 5.97. The lowest BCUT2D eigenvalue weighted by Crippen LogP contribution is -2.50. The summed E-state index contributed by atoms with van der Waals surface area (Å²) in [4.78, 5) is 1.02. The Morgan fingerprint density at radius 3 is 2.62 bits per heavy atom. The molecular weight excluding hydrogens is 224 g/mol. The van der Waals surface area contributed by atoms with Crippen molar-refractivity contribution in [2.45, 2.75) is 25.4 Å². The first kappa shape index (κ1) is 13.1. The molecule has 0 aliphatic rings. The van der Waals surface area contributed by atoms with E-state index in [0.29, 0.717) is 18.5 Å². The molecule has 4 nitrogen and oxygen atoms in total. The second-order valence-corrected chi connectivity index (χ2v) is 4.71. The second-order valence-electron chi connectivity index (χ2n) is 3.72. The van der Waals surface area contributed by atoms with Crippen molar-refractivity contribution >= 4 is 11.3 Å². The van der Waals surface area contributed by atoms with Gasteiger partial charge in [-0.3, -0.25) is 0 Å². The van der Waals surface area contributed by atoms with Crippen LogP contribution in [0.25, 0.3) is 0 Å². The molecule has 88 valence electrons. The zero-order valence-electron chi connectivity index (χ0n) is 9.23. The van der Waals surface area contributed by atoms with E-state index in [1.807, 2.05) is 13.0 Å². The normalized spacial score (nSPS) is 11.4. The monoisotopic (exact) mass is 240 g/mol. The Kier molecular flexibility index (Phi) is 4.90. The Morgan fingerprint density at radius 1 is 1.50 bits per heavy atom. The topological polar surface area (TPSA) is 76.3 Å². The van der Waals surface area contributed by atoms with Crippen molar-refractivity contribution in [3.63, 3.8) is 0 Å². The quantitative estimate of drug-likeness (QED) is 0.689. The number of hydrogen-bond acceptors (Lipinski definition) is 5. The average molecular weight is 240 g/mol. The summed E-state index contributed by atoms with van der Waals surface area (Å²) in [6.07, 6.45) is 0.649. The minimum absolute atomic E-state index is 0.101. The van der Waals surface area contributed by atoms with E-state index in [-0.39, 0.29) is 13.2 Å². The molecule has 0 saturated heterocycles. The highest BCUT2D eigenvalue weighted by Gasteiger charge is 2.25. The number of nitriles is 1. The summed E-state index contributed by atoms with van der Waals surface area (Å²) >= 11 is 1.50. The molecule has 0 aliphatic carbocycles. The van der Waals surface area contributed by atoms with Gasteiger partial charge in [0.15, 0.2) is 0 Å². The first-order valence-electron chi connectivity index (χ1n) is 5.14. The minimum atomic E-state index is -0.628. The zero-order valence-corrected chi connectivity index (χ0v) is 10.0. The fourth-order valence-corrected chi connectivity index (χ4v) is 2.07. The van der Waals surface area contributed by atoms with Gasteiger partial charge in [0.25, 0.3) is 0 Å². The molecule has 0 aliphatic heterocycles. The van der Waals surface area contributed by atoms with Crippen LogP contribution in [0.1, 0.15) is 23.8 Å². The molecule has 0 aromatic carbocycles. The van der Waals surface area contributed by atoms with Gasteiger partial charge in [-0.2, -0.15) is 5.26 Å². The predicted molar refractivity (Wildman–Crippen MR) is 63.1 cm³/mol. The molecule has 0 bridgehead atoms. The van der Waals surface area contributed by atoms with E-state index < -0.39 is 5.54 Å². The van der Waals surface area contributed by atoms with Gasteiger partial charge in [0.1, 0.15) is 6.07 Å². The number of nitrogens with one attached hydrogen (secondary N) is 1. The Bertz CT molecular complexity index is 358. The SMILES string of the molecule is CCC(CO)(CO)NCc1cc(C#N)cs1. The van der Waals surface area contributed by atoms with E-state index in [2.05, 4.69) is 11.4 Å². The number of hydrogen-bond donors (Lipinski definition) is 3. The van der Waals surface area contributed by atoms with Crippen LogP contribution in [0.15, 0.2) is 11.4 Å². The summed E-state index contributed by atoms with van der Waals surface area (Å²) in [5.41, 5.74) is 0.0217. The number of nitrogens with zero attached hydrogens (tertiary/aromatic N) is 1. The lowest BCUT2D eigenvalue weighted by Gasteiger charge is -2.29. The molecule has 0 radical (unpaired) electrons. The van der Waals surface area contributed by atoms with Gasteiger partial charge >= 0.3 is 0 Å². The third kappa shape index (κ3) is 3.03. The van der Waals surface area contributed by atoms with Gasteiger partial charge < -0.3 is 15.5 Å². The van der Waals surface area contributed by atoms with Crippen molar-refractivity contribution in [1.82, 2.24) is 5.32 Å². The van der Waals surface area contributed by atoms with Crippen LogP contribution in [0, 0.1) is 11.3 Å². The van der Waals surface area contributed by atoms with Crippen LogP contribution in [0.3, 0.4) is 0 Å². The van der Waals surface area contributed by atoms with Gasteiger partial charge in [0.05, 0.1) is 24.3 Å². The zero-order chi connectivity index (χ0) is 12.0. The summed E-state index contributed by atoms with van der Waals surface area (Å²) in [7, 11) is 0. The van der Waals surface area contributed by atoms with Crippen LogP contribution in [0.4, 0.5) is 0 Å². The summed E-state index contributed by atoms with van der Waals surface area (Å²) in [5, 5.41) is 32.1. The number of thiophene rings is 1. The number of aliphatic hydroxyl groups is 2. The molecule has 3 N–H and O–H groups in total. The Hall–Kier alpha value is -0.930. The molecule has 1 rings (SSSR count). The van der Waals surface area contributed by atoms with Crippen molar-refractivity contribution in [2.75, 3.05) is 13.2 Å². The standard InChI is InChI=1S/C11H16N2O2S/c1-2-11(7-14,8-15)13-5-10-3-9(4-12)6-16-10/h3,6,13-15H,2,5,7-8H2,1H3. The van der Waals surface area contributed by atoms with Gasteiger partial charge in [-0.05, 0) is 12.5 Å². The highest BCUT2D eigenvalue weighted by Crippen LogP contribution is 2.16. The molecule has 1 aromatic rings. The smallest absolute Gasteiger partial charge is 0.100 e. The molecular formula is C11H16N2O2S. The third-order valence-corrected chi connectivity index (χ3v) is 3.64. The van der Waals surface area contributed by atoms with Gasteiger partial charge in [-0.15, -0.1) is 11.3 Å². The van der Waals surface area contributed by atoms with Gasteiger partial charge in [0, 0.05) is 16.8 Å². The Morgan fingerprint density at radius 2 is 2.19 bits per heavy atom. The molecule has 5 heteroatoms. The lowest BCUT2D eigenvalue weighted by molar-refractivity contribution is 0.0866. The van der Waals surface area contributed by atoms with Crippen LogP contribution in [0.2, 0.25) is 0 Å². The van der Waals surface area contributed by atoms with Crippen molar-refractivity contribution < 1.29 is 10.2 Å². The molecule has 1 aromatic heterocycles. The van der Waals surface area contributed by atoms with Crippen LogP contribution in [-0.4, -0.2) is 29.0 Å². The summed E-state index contributed by atoms with van der Waals surface area (Å²) in [6, 6.07) is 3.88. The van der Waals surface area contributed by atoms with Crippen molar-refractivity contribution in [3.05, 3.63) is 21.9 Å². The van der Waals surface area contributed by atoms with E-state index >= 15 is 0 Å². The van der Waals surface area contributed by atoms with E-state index in [9.17, 15) is 10.2 Å². The van der Waals surface area contributed by atoms with Crippen LogP contribution >= 0.6 is 11.3 Å². The average Bonchev–Trinajstić information content (AvgIpc) is 2.80. The predicted octanol–water partition coefficient (Wildman–Crippen LogP) is 0.843. The largest absolute Gasteiger partial charge is 0.394 e. The first-order valence-corrected chi connectivity index (χ1v) is 6.02. The van der Waals surface area contributed by atoms with E-state index in [1.54, 1.807) is 5.38 Å². The van der Waals surface area contributed by atoms with E-state index in [0.717, 1.165) is 4.88 Å². The fourth-order valence-electron chi connectivity index (χ4n) is 1.32. The van der Waals surface area contributed by atoms with E-state index in [1.165, 1.54) is 11.3 Å². The maximum Gasteiger partial charge on any atom is 0.100 e. The maximum absolute atomic E-state index is 9.23. The molecule has 0 amide bonds. The highest BCUT2D eigenvalue weighted by atomic mass is 32.1. The Balaban J connectivity index is 2.59. The van der Waals surface area contributed by atoms with Gasteiger partial charge in [0.2, 0.25) is 0 Å². The maximum atomic E-state index is 9.23. The summed E-state index contributed by atoms with van der Waals surface area (Å²) in [5.74, 6) is 0. The molecule has 0 saturated carbocycles. The molecule has 1 heterocycles.